The summed E-state index contributed by atoms with van der Waals surface area (Å²) < 4.78 is 5.53. The Balaban J connectivity index is 2.26. The van der Waals surface area contributed by atoms with Gasteiger partial charge in [-0.2, -0.15) is 15.0 Å². The van der Waals surface area contributed by atoms with E-state index >= 15 is 0 Å². The van der Waals surface area contributed by atoms with Gasteiger partial charge in [0.1, 0.15) is 5.75 Å². The van der Waals surface area contributed by atoms with Crippen LogP contribution in [0, 0.1) is 6.92 Å². The number of benzene rings is 1. The van der Waals surface area contributed by atoms with Crippen LogP contribution in [0.3, 0.4) is 0 Å². The molecule has 2 rings (SSSR count). The molecule has 94 valence electrons. The molecule has 6 heteroatoms. The molecule has 0 saturated carbocycles. The van der Waals surface area contributed by atoms with E-state index < -0.39 is 0 Å². The van der Waals surface area contributed by atoms with E-state index in [0.29, 0.717) is 11.7 Å². The van der Waals surface area contributed by atoms with Crippen LogP contribution in [0.1, 0.15) is 5.56 Å². The van der Waals surface area contributed by atoms with Crippen LogP contribution in [0.15, 0.2) is 24.3 Å². The summed E-state index contributed by atoms with van der Waals surface area (Å²) in [7, 11) is 3.64. The van der Waals surface area contributed by atoms with E-state index in [-0.39, 0.29) is 11.3 Å². The number of anilines is 1. The highest BCUT2D eigenvalue weighted by atomic mass is 35.5. The van der Waals surface area contributed by atoms with Crippen LogP contribution >= 0.6 is 11.6 Å². The molecule has 1 aromatic carbocycles. The number of aromatic nitrogens is 3. The Morgan fingerprint density at radius 3 is 2.33 bits per heavy atom. The summed E-state index contributed by atoms with van der Waals surface area (Å²) >= 11 is 5.82. The van der Waals surface area contributed by atoms with Crippen molar-refractivity contribution in [1.29, 1.82) is 0 Å². The van der Waals surface area contributed by atoms with Gasteiger partial charge in [0.05, 0.1) is 0 Å². The monoisotopic (exact) mass is 264 g/mol. The zero-order chi connectivity index (χ0) is 13.1. The fraction of sp³-hybridized carbons (Fsp3) is 0.250. The first-order valence-corrected chi connectivity index (χ1v) is 5.76. The van der Waals surface area contributed by atoms with Crippen molar-refractivity contribution in [2.45, 2.75) is 6.92 Å². The second-order valence-electron chi connectivity index (χ2n) is 4.00. The molecule has 1 heterocycles. The third-order valence-corrected chi connectivity index (χ3v) is 2.37. The summed E-state index contributed by atoms with van der Waals surface area (Å²) in [6.07, 6.45) is 0. The Morgan fingerprint density at radius 2 is 1.72 bits per heavy atom. The number of halogens is 1. The smallest absolute Gasteiger partial charge is 0.328 e. The van der Waals surface area contributed by atoms with Crippen molar-refractivity contribution in [3.05, 3.63) is 35.1 Å². The molecular weight excluding hydrogens is 252 g/mol. The molecule has 0 aliphatic rings. The maximum absolute atomic E-state index is 5.82. The van der Waals surface area contributed by atoms with Crippen LogP contribution in [0.25, 0.3) is 0 Å². The Bertz CT molecular complexity index is 542. The number of nitrogens with zero attached hydrogens (tertiary/aromatic N) is 4. The molecule has 0 saturated heterocycles. The third-order valence-electron chi connectivity index (χ3n) is 2.21. The van der Waals surface area contributed by atoms with Crippen LogP contribution in [-0.2, 0) is 0 Å². The number of ether oxygens (including phenoxy) is 1. The topological polar surface area (TPSA) is 51.1 Å². The van der Waals surface area contributed by atoms with Crippen molar-refractivity contribution < 1.29 is 4.74 Å². The average Bonchev–Trinajstić information content (AvgIpc) is 2.31. The molecule has 5 nitrogen and oxygen atoms in total. The van der Waals surface area contributed by atoms with Gasteiger partial charge < -0.3 is 9.64 Å². The fourth-order valence-electron chi connectivity index (χ4n) is 1.28. The number of hydrogen-bond acceptors (Lipinski definition) is 5. The van der Waals surface area contributed by atoms with Crippen LogP contribution in [-0.4, -0.2) is 29.0 Å². The van der Waals surface area contributed by atoms with Crippen molar-refractivity contribution in [3.63, 3.8) is 0 Å². The van der Waals surface area contributed by atoms with Crippen molar-refractivity contribution in [2.24, 2.45) is 0 Å². The van der Waals surface area contributed by atoms with E-state index in [0.717, 1.165) is 5.56 Å². The van der Waals surface area contributed by atoms with Gasteiger partial charge in [0.25, 0.3) is 0 Å². The van der Waals surface area contributed by atoms with Gasteiger partial charge in [0.2, 0.25) is 11.2 Å². The van der Waals surface area contributed by atoms with E-state index in [4.69, 9.17) is 16.3 Å². The van der Waals surface area contributed by atoms with Gasteiger partial charge in [-0.25, -0.2) is 0 Å². The predicted molar refractivity (Wildman–Crippen MR) is 70.4 cm³/mol. The fourth-order valence-corrected chi connectivity index (χ4v) is 1.43. The lowest BCUT2D eigenvalue weighted by Crippen LogP contribution is -2.13. The standard InChI is InChI=1S/C12H13ClN4O/c1-8-4-6-9(7-5-8)18-12-15-10(13)14-11(16-12)17(2)3/h4-7H,1-3H3. The van der Waals surface area contributed by atoms with E-state index in [9.17, 15) is 0 Å². The van der Waals surface area contributed by atoms with E-state index in [2.05, 4.69) is 15.0 Å². The summed E-state index contributed by atoms with van der Waals surface area (Å²) in [5, 5.41) is 0.107. The van der Waals surface area contributed by atoms with Gasteiger partial charge in [-0.3, -0.25) is 0 Å². The van der Waals surface area contributed by atoms with Crippen molar-refractivity contribution in [2.75, 3.05) is 19.0 Å². The Hall–Kier alpha value is -1.88. The molecule has 0 atom stereocenters. The van der Waals surface area contributed by atoms with E-state index in [1.807, 2.05) is 45.3 Å². The molecule has 0 radical (unpaired) electrons. The highest BCUT2D eigenvalue weighted by molar-refractivity contribution is 6.28. The minimum atomic E-state index is 0.107. The van der Waals surface area contributed by atoms with Crippen LogP contribution in [0.5, 0.6) is 11.8 Å². The SMILES string of the molecule is Cc1ccc(Oc2nc(Cl)nc(N(C)C)n2)cc1. The minimum absolute atomic E-state index is 0.107. The zero-order valence-electron chi connectivity index (χ0n) is 10.4. The first kappa shape index (κ1) is 12.6. The van der Waals surface area contributed by atoms with Crippen LogP contribution < -0.4 is 9.64 Å². The lowest BCUT2D eigenvalue weighted by molar-refractivity contribution is 0.439. The zero-order valence-corrected chi connectivity index (χ0v) is 11.1. The molecule has 0 unspecified atom stereocenters. The lowest BCUT2D eigenvalue weighted by Gasteiger charge is -2.11. The van der Waals surface area contributed by atoms with Crippen molar-refractivity contribution in [3.8, 4) is 11.8 Å². The van der Waals surface area contributed by atoms with Gasteiger partial charge in [0, 0.05) is 14.1 Å². The summed E-state index contributed by atoms with van der Waals surface area (Å²) in [4.78, 5) is 13.8. The molecular formula is C12H13ClN4O. The van der Waals surface area contributed by atoms with Gasteiger partial charge in [0.15, 0.2) is 0 Å². The Labute approximate surface area is 110 Å². The summed E-state index contributed by atoms with van der Waals surface area (Å²) in [5.74, 6) is 1.12. The first-order valence-electron chi connectivity index (χ1n) is 5.38. The maximum atomic E-state index is 5.82. The largest absolute Gasteiger partial charge is 0.424 e. The second-order valence-corrected chi connectivity index (χ2v) is 4.33. The number of rotatable bonds is 3. The van der Waals surface area contributed by atoms with Gasteiger partial charge >= 0.3 is 6.01 Å². The molecule has 2 aromatic rings. The van der Waals surface area contributed by atoms with Crippen molar-refractivity contribution in [1.82, 2.24) is 15.0 Å². The summed E-state index contributed by atoms with van der Waals surface area (Å²) in [5.41, 5.74) is 1.16. The highest BCUT2D eigenvalue weighted by Crippen LogP contribution is 2.20. The molecule has 0 aliphatic heterocycles. The Morgan fingerprint density at radius 1 is 1.06 bits per heavy atom. The Kier molecular flexibility index (Phi) is 3.62. The first-order chi connectivity index (χ1) is 8.54. The van der Waals surface area contributed by atoms with Gasteiger partial charge in [-0.15, -0.1) is 0 Å². The molecule has 1 aromatic heterocycles. The maximum Gasteiger partial charge on any atom is 0.328 e. The van der Waals surface area contributed by atoms with E-state index in [1.165, 1.54) is 0 Å². The lowest BCUT2D eigenvalue weighted by atomic mass is 10.2. The molecule has 18 heavy (non-hydrogen) atoms. The predicted octanol–water partition coefficient (Wildman–Crippen LogP) is 2.69. The van der Waals surface area contributed by atoms with Gasteiger partial charge in [-0.1, -0.05) is 17.7 Å². The quantitative estimate of drug-likeness (QED) is 0.853. The van der Waals surface area contributed by atoms with Gasteiger partial charge in [-0.05, 0) is 30.7 Å². The molecule has 0 spiro atoms. The van der Waals surface area contributed by atoms with Crippen LogP contribution in [0.4, 0.5) is 5.95 Å². The minimum Gasteiger partial charge on any atom is -0.424 e. The second kappa shape index (κ2) is 5.18. The average molecular weight is 265 g/mol. The number of hydrogen-bond donors (Lipinski definition) is 0. The van der Waals surface area contributed by atoms with Crippen LogP contribution in [0.2, 0.25) is 5.28 Å². The number of aryl methyl sites for hydroxylation is 1. The summed E-state index contributed by atoms with van der Waals surface area (Å²) in [6.45, 7) is 2.01. The van der Waals surface area contributed by atoms with E-state index in [1.54, 1.807) is 4.90 Å². The molecule has 0 N–H and O–H groups in total. The van der Waals surface area contributed by atoms with Crippen molar-refractivity contribution >= 4 is 17.5 Å². The molecule has 0 bridgehead atoms. The normalized spacial score (nSPS) is 10.2. The molecule has 0 fully saturated rings. The molecule has 0 amide bonds. The highest BCUT2D eigenvalue weighted by Gasteiger charge is 2.08. The molecule has 0 aliphatic carbocycles. The summed E-state index contributed by atoms with van der Waals surface area (Å²) in [6, 6.07) is 7.78. The third kappa shape index (κ3) is 3.07.